The third kappa shape index (κ3) is 150. The van der Waals surface area contributed by atoms with Crippen molar-refractivity contribution < 1.29 is 146 Å². The summed E-state index contributed by atoms with van der Waals surface area (Å²) in [4.78, 5) is 144. The highest BCUT2D eigenvalue weighted by Gasteiger charge is 2.47. The molecule has 36 nitrogen and oxygen atoms in total. The van der Waals surface area contributed by atoms with E-state index in [-0.39, 0.29) is 0 Å². The highest BCUT2D eigenvalue weighted by Crippen LogP contribution is 2.28. The minimum absolute atomic E-state index is 1.19. The first-order chi connectivity index (χ1) is 37.5. The predicted octanol–water partition coefficient (Wildman–Crippen LogP) is -1.32. The van der Waals surface area contributed by atoms with Crippen LogP contribution in [0.3, 0.4) is 0 Å². The molecular weight excluding hydrogens is 1250 g/mol. The maximum absolute atomic E-state index is 8.97. The average molecular weight is 1380 g/mol. The summed E-state index contributed by atoms with van der Waals surface area (Å²) in [6, 6.07) is 0. The third-order valence-electron chi connectivity index (χ3n) is 10.1. The van der Waals surface area contributed by atoms with Gasteiger partial charge in [0.2, 0.25) is 0 Å². The van der Waals surface area contributed by atoms with E-state index < -0.39 is 83.6 Å². The molecule has 0 heterocycles. The van der Waals surface area contributed by atoms with Crippen LogP contribution >= 0.6 is 46.9 Å². The van der Waals surface area contributed by atoms with Gasteiger partial charge < -0.3 is 148 Å². The number of hydrogen-bond donors (Lipinski definition) is 24. The molecule has 1 fully saturated rings. The molecule has 1 saturated carbocycles. The average Bonchev–Trinajstić information content (AvgIpc) is 3.34. The van der Waals surface area contributed by atoms with Crippen molar-refractivity contribution >= 4 is 46.9 Å². The summed E-state index contributed by atoms with van der Waals surface area (Å²) in [5, 5.41) is 53.8. The van der Waals surface area contributed by atoms with Gasteiger partial charge in [-0.25, -0.2) is 27.4 Å². The highest BCUT2D eigenvalue weighted by atomic mass is 31.2. The largest absolute Gasteiger partial charge is 0.466 e. The van der Waals surface area contributed by atoms with Gasteiger partial charge >= 0.3 is 46.9 Å². The Bertz CT molecular complexity index is 1200. The number of aliphatic hydroxyl groups excluding tert-OH is 6. The Kier molecular flexibility index (Phi) is 91.9. The molecule has 0 saturated heterocycles. The summed E-state index contributed by atoms with van der Waals surface area (Å²) in [5.41, 5.74) is 0. The molecular formula is C42H120N6O30P6. The molecule has 84 heavy (non-hydrogen) atoms. The topological polar surface area (TPSA) is 607 Å². The highest BCUT2D eigenvalue weighted by molar-refractivity contribution is 7.46. The monoisotopic (exact) mass is 1370 g/mol. The number of nitrogens with zero attached hydrogens (tertiary/aromatic N) is 6. The molecule has 0 aromatic heterocycles. The SMILES string of the molecule is CCN(CC)CC.CCN(CC)CC.CCN(CC)CC.CCN(CC)CC.CCN(CC)CC.CCN(CC)CC.O=P(O)(O)O.O=P(O)(O)O.O=P(O)(O)O.O=P(O)(O)O.O=P(O)(O)O.O=P(O)(O)O.O[C@H]1[C@H](O)[C@@H](O)[C@H](O)[C@@H](O)[C@@H]1O. The van der Waals surface area contributed by atoms with E-state index in [0.717, 1.165) is 0 Å². The van der Waals surface area contributed by atoms with Crippen molar-refractivity contribution in [3.63, 3.8) is 0 Å². The normalized spacial score (nSPS) is 17.3. The van der Waals surface area contributed by atoms with Crippen LogP contribution in [0, 0.1) is 0 Å². The summed E-state index contributed by atoms with van der Waals surface area (Å²) < 4.78 is 53.3. The molecule has 1 rings (SSSR count). The molecule has 0 amide bonds. The lowest BCUT2D eigenvalue weighted by Gasteiger charge is -2.39. The number of phosphoric acid groups is 6. The lowest BCUT2D eigenvalue weighted by atomic mass is 9.85. The van der Waals surface area contributed by atoms with E-state index in [9.17, 15) is 0 Å². The first-order valence-corrected chi connectivity index (χ1v) is 36.1. The zero-order valence-corrected chi connectivity index (χ0v) is 58.1. The van der Waals surface area contributed by atoms with Crippen LogP contribution in [0.2, 0.25) is 0 Å². The summed E-state index contributed by atoms with van der Waals surface area (Å²) in [7, 11) is -27.8. The molecule has 0 bridgehead atoms. The summed E-state index contributed by atoms with van der Waals surface area (Å²) in [6.07, 6.45) is -9.84. The predicted molar refractivity (Wildman–Crippen MR) is 322 cm³/mol. The zero-order chi connectivity index (χ0) is 70.7. The molecule has 0 aliphatic heterocycles. The van der Waals surface area contributed by atoms with Crippen LogP contribution < -0.4 is 0 Å². The third-order valence-corrected chi connectivity index (χ3v) is 10.1. The molecule has 24 N–H and O–H groups in total. The smallest absolute Gasteiger partial charge is 0.387 e. The van der Waals surface area contributed by atoms with Gasteiger partial charge in [-0.2, -0.15) is 0 Å². The van der Waals surface area contributed by atoms with Crippen molar-refractivity contribution in [2.45, 2.75) is 161 Å². The Morgan fingerprint density at radius 3 is 0.226 bits per heavy atom. The fourth-order valence-corrected chi connectivity index (χ4v) is 5.24. The Morgan fingerprint density at radius 2 is 0.214 bits per heavy atom. The van der Waals surface area contributed by atoms with E-state index >= 15 is 0 Å². The van der Waals surface area contributed by atoms with Crippen molar-refractivity contribution in [2.24, 2.45) is 0 Å². The van der Waals surface area contributed by atoms with Gasteiger partial charge in [0.15, 0.2) is 0 Å². The fourth-order valence-electron chi connectivity index (χ4n) is 5.24. The van der Waals surface area contributed by atoms with Crippen LogP contribution in [-0.2, 0) is 27.4 Å². The quantitative estimate of drug-likeness (QED) is 0.0708. The lowest BCUT2D eigenvalue weighted by Crippen LogP contribution is -2.63. The Labute approximate surface area is 500 Å². The van der Waals surface area contributed by atoms with Crippen LogP contribution in [-0.4, -0.2) is 303 Å². The van der Waals surface area contributed by atoms with E-state index in [0.29, 0.717) is 0 Å². The molecule has 528 valence electrons. The van der Waals surface area contributed by atoms with Gasteiger partial charge in [0, 0.05) is 0 Å². The second-order valence-electron chi connectivity index (χ2n) is 15.7. The van der Waals surface area contributed by atoms with Crippen molar-refractivity contribution in [2.75, 3.05) is 118 Å². The van der Waals surface area contributed by atoms with Crippen molar-refractivity contribution in [1.82, 2.24) is 29.4 Å². The first kappa shape index (κ1) is 112. The Hall–Kier alpha value is 0.180. The van der Waals surface area contributed by atoms with Gasteiger partial charge in [0.1, 0.15) is 36.6 Å². The second-order valence-corrected chi connectivity index (χ2v) is 21.9. The molecule has 0 atom stereocenters. The molecule has 42 heteroatoms. The van der Waals surface area contributed by atoms with Crippen LogP contribution in [0.15, 0.2) is 0 Å². The number of hydrogen-bond acceptors (Lipinski definition) is 18. The van der Waals surface area contributed by atoms with Crippen molar-refractivity contribution in [1.29, 1.82) is 0 Å². The van der Waals surface area contributed by atoms with Crippen molar-refractivity contribution in [3.05, 3.63) is 0 Å². The summed E-state index contributed by atoms with van der Waals surface area (Å²) >= 11 is 0. The van der Waals surface area contributed by atoms with Gasteiger partial charge in [-0.3, -0.25) is 0 Å². The zero-order valence-electron chi connectivity index (χ0n) is 52.7. The number of rotatable bonds is 18. The molecule has 1 aliphatic carbocycles. The Balaban J connectivity index is -0.0000000675. The molecule has 1 aliphatic rings. The number of aliphatic hydroxyl groups is 6. The second kappa shape index (κ2) is 69.1. The van der Waals surface area contributed by atoms with E-state index in [2.05, 4.69) is 154 Å². The maximum Gasteiger partial charge on any atom is 0.466 e. The maximum atomic E-state index is 8.97. The van der Waals surface area contributed by atoms with E-state index in [1.165, 1.54) is 118 Å². The molecule has 0 aromatic rings. The van der Waals surface area contributed by atoms with E-state index in [4.69, 9.17) is 146 Å². The first-order valence-electron chi connectivity index (χ1n) is 26.7. The molecule has 0 unspecified atom stereocenters. The van der Waals surface area contributed by atoms with Crippen LogP contribution in [0.25, 0.3) is 0 Å². The Morgan fingerprint density at radius 1 is 0.179 bits per heavy atom. The van der Waals surface area contributed by atoms with Crippen molar-refractivity contribution in [3.8, 4) is 0 Å². The summed E-state index contributed by atoms with van der Waals surface area (Å²) in [5.74, 6) is 0. The minimum atomic E-state index is -4.64. The van der Waals surface area contributed by atoms with Gasteiger partial charge in [-0.15, -0.1) is 0 Å². The van der Waals surface area contributed by atoms with Gasteiger partial charge in [-0.05, 0) is 118 Å². The van der Waals surface area contributed by atoms with Gasteiger partial charge in [0.25, 0.3) is 0 Å². The van der Waals surface area contributed by atoms with Crippen LogP contribution in [0.1, 0.15) is 125 Å². The van der Waals surface area contributed by atoms with E-state index in [1.54, 1.807) is 0 Å². The molecule has 0 radical (unpaired) electrons. The van der Waals surface area contributed by atoms with Gasteiger partial charge in [-0.1, -0.05) is 125 Å². The minimum Gasteiger partial charge on any atom is -0.387 e. The fraction of sp³-hybridized carbons (Fsp3) is 1.00. The molecule has 0 spiro atoms. The standard InChI is InChI=1S/6C6H15N.C6H12O6.6H3O4P/c6*1-4-7(5-2)6-3;7-1-2(8)4(10)6(12)5(11)3(1)9;6*1-5(2,3)4/h6*4-6H2,1-3H3;1-12H;6*(H3,1,2,3,4)/t;;;;;;1-,2-,3+,4+,5-,6-;;;;;;. The lowest BCUT2D eigenvalue weighted by molar-refractivity contribution is -0.223. The summed E-state index contributed by atoms with van der Waals surface area (Å²) in [6.45, 7) is 60.8. The van der Waals surface area contributed by atoms with E-state index in [1.807, 2.05) is 0 Å². The van der Waals surface area contributed by atoms with Crippen LogP contribution in [0.5, 0.6) is 0 Å². The van der Waals surface area contributed by atoms with Crippen LogP contribution in [0.4, 0.5) is 0 Å². The molecule has 0 aromatic carbocycles. The van der Waals surface area contributed by atoms with Gasteiger partial charge in [0.05, 0.1) is 0 Å².